The summed E-state index contributed by atoms with van der Waals surface area (Å²) < 4.78 is 0. The van der Waals surface area contributed by atoms with Crippen LogP contribution < -0.4 is 0 Å². The molecule has 0 aliphatic rings. The van der Waals surface area contributed by atoms with Crippen LogP contribution in [0.2, 0.25) is 0 Å². The van der Waals surface area contributed by atoms with E-state index in [9.17, 15) is 5.11 Å². The molecule has 116 valence electrons. The number of hydrogen-bond acceptors (Lipinski definition) is 3. The average molecular weight is 312 g/mol. The normalized spacial score (nSPS) is 10.8. The Morgan fingerprint density at radius 2 is 1.33 bits per heavy atom. The Labute approximate surface area is 140 Å². The summed E-state index contributed by atoms with van der Waals surface area (Å²) >= 11 is 0. The molecule has 3 heteroatoms. The third-order valence-electron chi connectivity index (χ3n) is 4.16. The topological polar surface area (TPSA) is 46.0 Å². The highest BCUT2D eigenvalue weighted by atomic mass is 16.3. The van der Waals surface area contributed by atoms with Crippen molar-refractivity contribution in [3.8, 4) is 17.0 Å². The van der Waals surface area contributed by atoms with Gasteiger partial charge in [0.15, 0.2) is 0 Å². The molecule has 0 bridgehead atoms. The number of benzene rings is 3. The average Bonchev–Trinajstić information content (AvgIpc) is 2.64. The Kier molecular flexibility index (Phi) is 3.67. The molecule has 0 amide bonds. The van der Waals surface area contributed by atoms with Crippen LogP contribution in [-0.2, 0) is 6.42 Å². The first-order chi connectivity index (χ1) is 11.8. The van der Waals surface area contributed by atoms with E-state index in [2.05, 4.69) is 22.3 Å². The Balaban J connectivity index is 1.86. The van der Waals surface area contributed by atoms with Crippen LogP contribution in [0.25, 0.3) is 22.0 Å². The molecule has 3 nitrogen and oxygen atoms in total. The summed E-state index contributed by atoms with van der Waals surface area (Å²) in [6, 6.07) is 25.6. The predicted molar refractivity (Wildman–Crippen MR) is 95.9 cm³/mol. The van der Waals surface area contributed by atoms with Gasteiger partial charge in [-0.1, -0.05) is 72.8 Å². The molecule has 0 fully saturated rings. The molecule has 4 aromatic rings. The lowest BCUT2D eigenvalue weighted by Crippen LogP contribution is -1.99. The molecule has 0 aliphatic heterocycles. The first-order valence-electron chi connectivity index (χ1n) is 7.89. The van der Waals surface area contributed by atoms with E-state index in [-0.39, 0.29) is 5.75 Å². The van der Waals surface area contributed by atoms with Crippen LogP contribution in [0, 0.1) is 0 Å². The quantitative estimate of drug-likeness (QED) is 0.601. The van der Waals surface area contributed by atoms with E-state index >= 15 is 0 Å². The number of nitrogens with zero attached hydrogens (tertiary/aromatic N) is 2. The van der Waals surface area contributed by atoms with Gasteiger partial charge in [-0.2, -0.15) is 5.10 Å². The van der Waals surface area contributed by atoms with Gasteiger partial charge in [0, 0.05) is 22.8 Å². The zero-order valence-corrected chi connectivity index (χ0v) is 13.1. The fourth-order valence-electron chi connectivity index (χ4n) is 2.94. The first kappa shape index (κ1) is 14.4. The minimum absolute atomic E-state index is 0.288. The fraction of sp³-hybridized carbons (Fsp3) is 0.0476. The molecule has 0 radical (unpaired) electrons. The maximum atomic E-state index is 10.0. The second-order valence-corrected chi connectivity index (χ2v) is 5.71. The van der Waals surface area contributed by atoms with E-state index in [1.165, 1.54) is 0 Å². The van der Waals surface area contributed by atoms with Gasteiger partial charge in [-0.05, 0) is 11.6 Å². The minimum atomic E-state index is 0.288. The highest BCUT2D eigenvalue weighted by molar-refractivity contribution is 5.95. The molecule has 1 heterocycles. The summed E-state index contributed by atoms with van der Waals surface area (Å²) in [5, 5.41) is 21.1. The van der Waals surface area contributed by atoms with Crippen LogP contribution in [0.1, 0.15) is 11.3 Å². The SMILES string of the molecule is Oc1ccccc1Cc1nnc(-c2ccccc2)c2ccccc12. The number of aromatic nitrogens is 2. The number of phenols is 1. The number of phenolic OH excluding ortho intramolecular Hbond substituents is 1. The van der Waals surface area contributed by atoms with Crippen molar-refractivity contribution in [1.29, 1.82) is 0 Å². The molecule has 0 saturated heterocycles. The molecule has 1 N–H and O–H groups in total. The summed E-state index contributed by atoms with van der Waals surface area (Å²) in [4.78, 5) is 0. The molecule has 0 unspecified atom stereocenters. The Morgan fingerprint density at radius 3 is 2.12 bits per heavy atom. The molecular weight excluding hydrogens is 296 g/mol. The lowest BCUT2D eigenvalue weighted by atomic mass is 10.00. The van der Waals surface area contributed by atoms with Gasteiger partial charge in [0.1, 0.15) is 11.4 Å². The summed E-state index contributed by atoms with van der Waals surface area (Å²) in [6.07, 6.45) is 0.551. The molecule has 4 rings (SSSR count). The van der Waals surface area contributed by atoms with Crippen molar-refractivity contribution in [2.24, 2.45) is 0 Å². The summed E-state index contributed by atoms with van der Waals surface area (Å²) in [5.74, 6) is 0.288. The Bertz CT molecular complexity index is 997. The summed E-state index contributed by atoms with van der Waals surface area (Å²) in [7, 11) is 0. The van der Waals surface area contributed by atoms with E-state index in [4.69, 9.17) is 0 Å². The van der Waals surface area contributed by atoms with Gasteiger partial charge in [-0.15, -0.1) is 5.10 Å². The fourth-order valence-corrected chi connectivity index (χ4v) is 2.94. The maximum Gasteiger partial charge on any atom is 0.119 e. The van der Waals surface area contributed by atoms with Crippen molar-refractivity contribution in [3.05, 3.63) is 90.1 Å². The number of fused-ring (bicyclic) bond motifs is 1. The van der Waals surface area contributed by atoms with Crippen molar-refractivity contribution in [2.45, 2.75) is 6.42 Å². The van der Waals surface area contributed by atoms with Crippen LogP contribution in [0.15, 0.2) is 78.9 Å². The van der Waals surface area contributed by atoms with Gasteiger partial charge in [0.05, 0.1) is 5.69 Å². The van der Waals surface area contributed by atoms with Crippen LogP contribution in [0.4, 0.5) is 0 Å². The number of hydrogen-bond donors (Lipinski definition) is 1. The lowest BCUT2D eigenvalue weighted by molar-refractivity contribution is 0.469. The molecular formula is C21H16N2O. The largest absolute Gasteiger partial charge is 0.508 e. The minimum Gasteiger partial charge on any atom is -0.508 e. The summed E-state index contributed by atoms with van der Waals surface area (Å²) in [6.45, 7) is 0. The molecule has 0 aliphatic carbocycles. The zero-order valence-electron chi connectivity index (χ0n) is 13.1. The van der Waals surface area contributed by atoms with Gasteiger partial charge >= 0.3 is 0 Å². The molecule has 0 spiro atoms. The van der Waals surface area contributed by atoms with Crippen LogP contribution >= 0.6 is 0 Å². The number of rotatable bonds is 3. The molecule has 24 heavy (non-hydrogen) atoms. The zero-order chi connectivity index (χ0) is 16.4. The standard InChI is InChI=1S/C21H16N2O/c24-20-13-7-4-10-16(20)14-19-17-11-5-6-12-18(17)21(23-22-19)15-8-2-1-3-9-15/h1-13,24H,14H2. The third-order valence-corrected chi connectivity index (χ3v) is 4.16. The van der Waals surface area contributed by atoms with Gasteiger partial charge in [-0.25, -0.2) is 0 Å². The smallest absolute Gasteiger partial charge is 0.119 e. The molecule has 0 saturated carbocycles. The van der Waals surface area contributed by atoms with Crippen molar-refractivity contribution in [3.63, 3.8) is 0 Å². The second kappa shape index (κ2) is 6.13. The third kappa shape index (κ3) is 2.61. The lowest BCUT2D eigenvalue weighted by Gasteiger charge is -2.10. The van der Waals surface area contributed by atoms with Crippen LogP contribution in [0.5, 0.6) is 5.75 Å². The van der Waals surface area contributed by atoms with E-state index < -0.39 is 0 Å². The molecule has 0 atom stereocenters. The van der Waals surface area contributed by atoms with E-state index in [0.717, 1.165) is 33.3 Å². The van der Waals surface area contributed by atoms with Crippen molar-refractivity contribution >= 4 is 10.8 Å². The number of aromatic hydroxyl groups is 1. The van der Waals surface area contributed by atoms with E-state index in [0.29, 0.717) is 6.42 Å². The molecule has 3 aromatic carbocycles. The van der Waals surface area contributed by atoms with E-state index in [1.807, 2.05) is 60.7 Å². The number of para-hydroxylation sites is 1. The first-order valence-corrected chi connectivity index (χ1v) is 7.89. The Hall–Kier alpha value is -3.20. The molecule has 1 aromatic heterocycles. The Morgan fingerprint density at radius 1 is 0.667 bits per heavy atom. The van der Waals surface area contributed by atoms with Gasteiger partial charge in [-0.3, -0.25) is 0 Å². The highest BCUT2D eigenvalue weighted by Gasteiger charge is 2.12. The van der Waals surface area contributed by atoms with Crippen molar-refractivity contribution in [2.75, 3.05) is 0 Å². The van der Waals surface area contributed by atoms with Gasteiger partial charge in [0.2, 0.25) is 0 Å². The van der Waals surface area contributed by atoms with Crippen LogP contribution in [-0.4, -0.2) is 15.3 Å². The van der Waals surface area contributed by atoms with Crippen LogP contribution in [0.3, 0.4) is 0 Å². The predicted octanol–water partition coefficient (Wildman–Crippen LogP) is 4.59. The van der Waals surface area contributed by atoms with Gasteiger partial charge < -0.3 is 5.11 Å². The van der Waals surface area contributed by atoms with Crippen molar-refractivity contribution < 1.29 is 5.11 Å². The van der Waals surface area contributed by atoms with Crippen molar-refractivity contribution in [1.82, 2.24) is 10.2 Å². The van der Waals surface area contributed by atoms with Gasteiger partial charge in [0.25, 0.3) is 0 Å². The van der Waals surface area contributed by atoms with E-state index in [1.54, 1.807) is 6.07 Å². The monoisotopic (exact) mass is 312 g/mol. The maximum absolute atomic E-state index is 10.0. The highest BCUT2D eigenvalue weighted by Crippen LogP contribution is 2.29. The summed E-state index contributed by atoms with van der Waals surface area (Å²) in [5.41, 5.74) is 3.65. The second-order valence-electron chi connectivity index (χ2n) is 5.71.